The molecule has 2 heterocycles. The summed E-state index contributed by atoms with van der Waals surface area (Å²) in [5.41, 5.74) is 8.82. The van der Waals surface area contributed by atoms with Gasteiger partial charge in [-0.1, -0.05) is 18.2 Å². The maximum atomic E-state index is 12.3. The van der Waals surface area contributed by atoms with Gasteiger partial charge in [-0.3, -0.25) is 4.98 Å². The Balaban J connectivity index is 1.94. The van der Waals surface area contributed by atoms with Crippen LogP contribution in [0, 0.1) is 18.8 Å². The van der Waals surface area contributed by atoms with Gasteiger partial charge in [0.05, 0.1) is 27.7 Å². The van der Waals surface area contributed by atoms with E-state index < -0.39 is 15.1 Å². The molecular weight excluding hydrogens is 372 g/mol. The largest absolute Gasteiger partial charge is 0.384 e. The molecule has 3 aromatic rings. The van der Waals surface area contributed by atoms with Crippen LogP contribution in [0.15, 0.2) is 53.6 Å². The van der Waals surface area contributed by atoms with E-state index in [9.17, 15) is 8.42 Å². The molecule has 0 radical (unpaired) electrons. The minimum Gasteiger partial charge on any atom is -0.384 e. The smallest absolute Gasteiger partial charge is 0.180 e. The summed E-state index contributed by atoms with van der Waals surface area (Å²) in [6.45, 7) is 5.15. The fraction of sp³-hybridized carbons (Fsp3) is 0.190. The number of pyridine rings is 1. The van der Waals surface area contributed by atoms with Crippen LogP contribution in [0.2, 0.25) is 0 Å². The van der Waals surface area contributed by atoms with Crippen LogP contribution >= 0.6 is 0 Å². The molecule has 0 saturated carbocycles. The van der Waals surface area contributed by atoms with Crippen molar-refractivity contribution in [3.05, 3.63) is 65.7 Å². The molecule has 0 aliphatic rings. The van der Waals surface area contributed by atoms with Crippen molar-refractivity contribution in [3.63, 3.8) is 0 Å². The molecule has 0 spiro atoms. The number of rotatable bonds is 3. The van der Waals surface area contributed by atoms with Crippen molar-refractivity contribution in [2.24, 2.45) is 0 Å². The van der Waals surface area contributed by atoms with E-state index >= 15 is 0 Å². The first-order chi connectivity index (χ1) is 13.3. The van der Waals surface area contributed by atoms with Crippen molar-refractivity contribution >= 4 is 15.7 Å². The van der Waals surface area contributed by atoms with Crippen molar-refractivity contribution in [3.8, 4) is 23.1 Å². The second-order valence-electron chi connectivity index (χ2n) is 6.51. The molecule has 1 aromatic carbocycles. The van der Waals surface area contributed by atoms with Gasteiger partial charge in [0, 0.05) is 5.56 Å². The lowest BCUT2D eigenvalue weighted by Gasteiger charge is -2.09. The van der Waals surface area contributed by atoms with Crippen LogP contribution in [-0.2, 0) is 9.84 Å². The minimum atomic E-state index is -3.31. The predicted octanol–water partition coefficient (Wildman–Crippen LogP) is 3.01. The Kier molecular flexibility index (Phi) is 5.43. The number of nitrogens with zero attached hydrogens (tertiary/aromatic N) is 3. The molecular formula is C21H20N4O2S. The van der Waals surface area contributed by atoms with Gasteiger partial charge in [-0.05, 0) is 56.9 Å². The molecule has 3 rings (SSSR count). The van der Waals surface area contributed by atoms with Crippen LogP contribution in [0.5, 0.6) is 0 Å². The van der Waals surface area contributed by atoms with Gasteiger partial charge in [-0.15, -0.1) is 0 Å². The molecule has 0 saturated heterocycles. The highest BCUT2D eigenvalue weighted by Gasteiger charge is 2.19. The number of aromatic nitrogens is 3. The maximum absolute atomic E-state index is 12.3. The molecule has 0 atom stereocenters. The number of aryl methyl sites for hydroxylation is 1. The Hall–Kier alpha value is -3.24. The van der Waals surface area contributed by atoms with Gasteiger partial charge in [0.15, 0.2) is 9.84 Å². The van der Waals surface area contributed by atoms with Crippen LogP contribution in [-0.4, -0.2) is 28.6 Å². The van der Waals surface area contributed by atoms with Gasteiger partial charge in [0.2, 0.25) is 0 Å². The molecule has 0 unspecified atom stereocenters. The number of hydrogen-bond acceptors (Lipinski definition) is 6. The van der Waals surface area contributed by atoms with Gasteiger partial charge >= 0.3 is 0 Å². The number of hydrogen-bond donors (Lipinski definition) is 1. The van der Waals surface area contributed by atoms with E-state index in [2.05, 4.69) is 26.8 Å². The summed E-state index contributed by atoms with van der Waals surface area (Å²) in [5, 5.41) is -0.472. The fourth-order valence-electron chi connectivity index (χ4n) is 2.44. The van der Waals surface area contributed by atoms with Crippen LogP contribution in [0.1, 0.15) is 30.9 Å². The normalized spacial score (nSPS) is 11.1. The molecule has 2 aromatic heterocycles. The molecule has 0 aliphatic carbocycles. The summed E-state index contributed by atoms with van der Waals surface area (Å²) in [6.07, 6.45) is 1.64. The summed E-state index contributed by atoms with van der Waals surface area (Å²) in [6, 6.07) is 11.9. The SMILES string of the molecule is Cc1ncc(-c2ccc(S(=O)(=O)C(C)C)cc2)nc1C#Cc1cccc(N)n1. The second-order valence-corrected chi connectivity index (χ2v) is 9.01. The monoisotopic (exact) mass is 392 g/mol. The Morgan fingerprint density at radius 2 is 1.71 bits per heavy atom. The molecule has 0 amide bonds. The number of nitrogens with two attached hydrogens (primary N) is 1. The average Bonchev–Trinajstić information content (AvgIpc) is 2.67. The highest BCUT2D eigenvalue weighted by molar-refractivity contribution is 7.92. The number of sulfone groups is 1. The summed E-state index contributed by atoms with van der Waals surface area (Å²) in [5.74, 6) is 6.32. The quantitative estimate of drug-likeness (QED) is 0.688. The van der Waals surface area contributed by atoms with E-state index in [-0.39, 0.29) is 0 Å². The van der Waals surface area contributed by atoms with Gasteiger partial charge < -0.3 is 5.73 Å². The molecule has 0 bridgehead atoms. The Labute approximate surface area is 164 Å². The van der Waals surface area contributed by atoms with Crippen molar-refractivity contribution in [1.29, 1.82) is 0 Å². The van der Waals surface area contributed by atoms with Crippen LogP contribution < -0.4 is 5.73 Å². The minimum absolute atomic E-state index is 0.291. The Morgan fingerprint density at radius 3 is 2.36 bits per heavy atom. The Morgan fingerprint density at radius 1 is 1.00 bits per heavy atom. The fourth-order valence-corrected chi connectivity index (χ4v) is 3.50. The molecule has 2 N–H and O–H groups in total. The van der Waals surface area contributed by atoms with E-state index in [1.54, 1.807) is 62.5 Å². The first kappa shape index (κ1) is 19.5. The number of benzene rings is 1. The third kappa shape index (κ3) is 4.18. The van der Waals surface area contributed by atoms with E-state index in [1.807, 2.05) is 6.92 Å². The van der Waals surface area contributed by atoms with Gasteiger partial charge in [-0.2, -0.15) is 0 Å². The van der Waals surface area contributed by atoms with Crippen molar-refractivity contribution in [2.45, 2.75) is 30.9 Å². The zero-order valence-electron chi connectivity index (χ0n) is 15.8. The van der Waals surface area contributed by atoms with Crippen molar-refractivity contribution in [2.75, 3.05) is 5.73 Å². The van der Waals surface area contributed by atoms with Crippen molar-refractivity contribution in [1.82, 2.24) is 15.0 Å². The first-order valence-corrected chi connectivity index (χ1v) is 10.2. The first-order valence-electron chi connectivity index (χ1n) is 8.70. The number of anilines is 1. The standard InChI is InChI=1S/C21H20N4O2S/c1-14(2)28(26,27)18-10-7-16(8-11-18)20-13-23-15(3)19(25-20)12-9-17-5-4-6-21(22)24-17/h4-8,10-11,13-14H,1-3H3,(H2,22,24). The highest BCUT2D eigenvalue weighted by atomic mass is 32.2. The maximum Gasteiger partial charge on any atom is 0.180 e. The molecule has 142 valence electrons. The lowest BCUT2D eigenvalue weighted by atomic mass is 10.1. The zero-order chi connectivity index (χ0) is 20.3. The summed E-state index contributed by atoms with van der Waals surface area (Å²) in [7, 11) is -3.31. The van der Waals surface area contributed by atoms with E-state index in [0.29, 0.717) is 33.5 Å². The number of nitrogen functional groups attached to an aromatic ring is 1. The molecule has 28 heavy (non-hydrogen) atoms. The lowest BCUT2D eigenvalue weighted by Crippen LogP contribution is -2.13. The van der Waals surface area contributed by atoms with Crippen LogP contribution in [0.3, 0.4) is 0 Å². The molecule has 0 aliphatic heterocycles. The third-order valence-electron chi connectivity index (χ3n) is 4.13. The van der Waals surface area contributed by atoms with E-state index in [4.69, 9.17) is 5.73 Å². The van der Waals surface area contributed by atoms with Crippen LogP contribution in [0.25, 0.3) is 11.3 Å². The zero-order valence-corrected chi connectivity index (χ0v) is 16.7. The van der Waals surface area contributed by atoms with Gasteiger partial charge in [0.25, 0.3) is 0 Å². The van der Waals surface area contributed by atoms with Gasteiger partial charge in [-0.25, -0.2) is 18.4 Å². The average molecular weight is 392 g/mol. The molecule has 6 nitrogen and oxygen atoms in total. The van der Waals surface area contributed by atoms with E-state index in [0.717, 1.165) is 5.56 Å². The summed E-state index contributed by atoms with van der Waals surface area (Å²) >= 11 is 0. The van der Waals surface area contributed by atoms with E-state index in [1.165, 1.54) is 0 Å². The third-order valence-corrected chi connectivity index (χ3v) is 6.30. The predicted molar refractivity (Wildman–Crippen MR) is 109 cm³/mol. The molecule has 7 heteroatoms. The highest BCUT2D eigenvalue weighted by Crippen LogP contribution is 2.22. The van der Waals surface area contributed by atoms with Gasteiger partial charge in [0.1, 0.15) is 17.2 Å². The summed E-state index contributed by atoms with van der Waals surface area (Å²) < 4.78 is 24.5. The van der Waals surface area contributed by atoms with Crippen LogP contribution in [0.4, 0.5) is 5.82 Å². The van der Waals surface area contributed by atoms with Crippen molar-refractivity contribution < 1.29 is 8.42 Å². The topological polar surface area (TPSA) is 98.8 Å². The summed E-state index contributed by atoms with van der Waals surface area (Å²) in [4.78, 5) is 13.4. The lowest BCUT2D eigenvalue weighted by molar-refractivity contribution is 0.587. The Bertz CT molecular complexity index is 1180. The second kappa shape index (κ2) is 7.79. The molecule has 0 fully saturated rings.